The van der Waals surface area contributed by atoms with Crippen molar-refractivity contribution >= 4 is 46.5 Å². The Morgan fingerprint density at radius 1 is 1.11 bits per heavy atom. The van der Waals surface area contributed by atoms with Crippen LogP contribution in [0.25, 0.3) is 0 Å². The highest BCUT2D eigenvalue weighted by Gasteiger charge is 2.25. The molecule has 0 radical (unpaired) electrons. The lowest BCUT2D eigenvalue weighted by atomic mass is 10.2. The molecule has 8 nitrogen and oxygen atoms in total. The Morgan fingerprint density at radius 2 is 1.79 bits per heavy atom. The Hall–Kier alpha value is -2.84. The van der Waals surface area contributed by atoms with E-state index in [2.05, 4.69) is 5.32 Å². The Balaban J connectivity index is 1.97. The summed E-state index contributed by atoms with van der Waals surface area (Å²) in [6, 6.07) is 10.1. The van der Waals surface area contributed by atoms with Crippen LogP contribution in [-0.4, -0.2) is 29.0 Å². The summed E-state index contributed by atoms with van der Waals surface area (Å²) < 4.78 is 10.5. The van der Waals surface area contributed by atoms with Gasteiger partial charge in [-0.25, -0.2) is 4.79 Å². The van der Waals surface area contributed by atoms with Crippen LogP contribution in [0.2, 0.25) is 10.0 Å². The number of nitro groups is 1. The average molecular weight is 427 g/mol. The standard InChI is InChI=1S/C18H16Cl2N2O6/c1-10(17(23)21-14-5-3-4-6-15(14)22(25)26)28-18(24)11(2)27-16-8-7-12(19)9-13(16)20/h3-11H,1-2H3,(H,21,23). The average Bonchev–Trinajstić information content (AvgIpc) is 2.64. The van der Waals surface area contributed by atoms with Crippen LogP contribution in [0.1, 0.15) is 13.8 Å². The molecule has 2 rings (SSSR count). The molecule has 2 unspecified atom stereocenters. The molecule has 28 heavy (non-hydrogen) atoms. The number of para-hydroxylation sites is 2. The molecule has 0 saturated heterocycles. The predicted molar refractivity (Wildman–Crippen MR) is 104 cm³/mol. The number of benzene rings is 2. The molecular formula is C18H16Cl2N2O6. The number of nitrogens with one attached hydrogen (secondary N) is 1. The summed E-state index contributed by atoms with van der Waals surface area (Å²) in [5.41, 5.74) is -0.277. The van der Waals surface area contributed by atoms with Gasteiger partial charge in [-0.1, -0.05) is 35.3 Å². The largest absolute Gasteiger partial charge is 0.477 e. The number of carbonyl (C=O) groups is 2. The smallest absolute Gasteiger partial charge is 0.347 e. The van der Waals surface area contributed by atoms with Gasteiger partial charge in [0, 0.05) is 11.1 Å². The number of ether oxygens (including phenoxy) is 2. The quantitative estimate of drug-likeness (QED) is 0.402. The van der Waals surface area contributed by atoms with Gasteiger partial charge >= 0.3 is 5.97 Å². The monoisotopic (exact) mass is 426 g/mol. The number of nitrogens with zero attached hydrogens (tertiary/aromatic N) is 1. The number of halogens is 2. The second-order valence-corrected chi connectivity index (χ2v) is 6.52. The number of rotatable bonds is 7. The van der Waals surface area contributed by atoms with E-state index in [0.29, 0.717) is 5.02 Å². The lowest BCUT2D eigenvalue weighted by molar-refractivity contribution is -0.383. The predicted octanol–water partition coefficient (Wildman–Crippen LogP) is 4.24. The van der Waals surface area contributed by atoms with Crippen LogP contribution in [-0.2, 0) is 14.3 Å². The fraction of sp³-hybridized carbons (Fsp3) is 0.222. The first-order valence-corrected chi connectivity index (χ1v) is 8.81. The van der Waals surface area contributed by atoms with E-state index < -0.39 is 29.0 Å². The normalized spacial score (nSPS) is 12.6. The lowest BCUT2D eigenvalue weighted by Gasteiger charge is -2.18. The van der Waals surface area contributed by atoms with Gasteiger partial charge < -0.3 is 14.8 Å². The van der Waals surface area contributed by atoms with Crippen molar-refractivity contribution in [3.05, 3.63) is 62.6 Å². The Morgan fingerprint density at radius 3 is 2.43 bits per heavy atom. The zero-order valence-electron chi connectivity index (χ0n) is 14.8. The van der Waals surface area contributed by atoms with Crippen molar-refractivity contribution in [1.82, 2.24) is 0 Å². The van der Waals surface area contributed by atoms with Crippen molar-refractivity contribution < 1.29 is 24.0 Å². The van der Waals surface area contributed by atoms with Crippen molar-refractivity contribution in [2.24, 2.45) is 0 Å². The highest BCUT2D eigenvalue weighted by molar-refractivity contribution is 6.35. The molecular weight excluding hydrogens is 411 g/mol. The first-order chi connectivity index (χ1) is 13.2. The first-order valence-electron chi connectivity index (χ1n) is 8.05. The van der Waals surface area contributed by atoms with Gasteiger partial charge in [-0.3, -0.25) is 14.9 Å². The van der Waals surface area contributed by atoms with Crippen LogP contribution in [0, 0.1) is 10.1 Å². The maximum Gasteiger partial charge on any atom is 0.347 e. The van der Waals surface area contributed by atoms with E-state index in [0.717, 1.165) is 0 Å². The van der Waals surface area contributed by atoms with Gasteiger partial charge in [-0.05, 0) is 38.1 Å². The molecule has 0 spiro atoms. The number of amides is 1. The topological polar surface area (TPSA) is 108 Å². The van der Waals surface area contributed by atoms with Crippen molar-refractivity contribution in [3.8, 4) is 5.75 Å². The third-order valence-corrected chi connectivity index (χ3v) is 4.08. The van der Waals surface area contributed by atoms with Gasteiger partial charge in [-0.2, -0.15) is 0 Å². The van der Waals surface area contributed by atoms with Gasteiger partial charge in [0.1, 0.15) is 11.4 Å². The summed E-state index contributed by atoms with van der Waals surface area (Å²) in [6.45, 7) is 2.77. The molecule has 2 atom stereocenters. The highest BCUT2D eigenvalue weighted by Crippen LogP contribution is 2.28. The van der Waals surface area contributed by atoms with E-state index in [1.807, 2.05) is 0 Å². The number of nitro benzene ring substituents is 1. The van der Waals surface area contributed by atoms with Crippen LogP contribution in [0.15, 0.2) is 42.5 Å². The molecule has 0 bridgehead atoms. The van der Waals surface area contributed by atoms with Gasteiger partial charge in [-0.15, -0.1) is 0 Å². The van der Waals surface area contributed by atoms with Crippen LogP contribution in [0.5, 0.6) is 5.75 Å². The molecule has 0 aromatic heterocycles. The minimum Gasteiger partial charge on any atom is -0.477 e. The second-order valence-electron chi connectivity index (χ2n) is 5.68. The number of anilines is 1. The lowest BCUT2D eigenvalue weighted by Crippen LogP contribution is -2.35. The maximum atomic E-state index is 12.2. The van der Waals surface area contributed by atoms with E-state index in [-0.39, 0.29) is 22.1 Å². The van der Waals surface area contributed by atoms with E-state index >= 15 is 0 Å². The van der Waals surface area contributed by atoms with Crippen LogP contribution in [0.3, 0.4) is 0 Å². The SMILES string of the molecule is CC(OC(=O)C(C)Oc1ccc(Cl)cc1Cl)C(=O)Nc1ccccc1[N+](=O)[O-]. The highest BCUT2D eigenvalue weighted by atomic mass is 35.5. The molecule has 0 aliphatic rings. The van der Waals surface area contributed by atoms with Gasteiger partial charge in [0.15, 0.2) is 12.2 Å². The van der Waals surface area contributed by atoms with Crippen LogP contribution in [0.4, 0.5) is 11.4 Å². The molecule has 0 aliphatic heterocycles. The second kappa shape index (κ2) is 9.38. The Bertz CT molecular complexity index is 905. The Kier molecular flexibility index (Phi) is 7.19. The van der Waals surface area contributed by atoms with Gasteiger partial charge in [0.05, 0.1) is 9.95 Å². The molecule has 2 aromatic carbocycles. The molecule has 1 amide bonds. The van der Waals surface area contributed by atoms with E-state index in [4.69, 9.17) is 32.7 Å². The van der Waals surface area contributed by atoms with Gasteiger partial charge in [0.25, 0.3) is 11.6 Å². The van der Waals surface area contributed by atoms with Crippen molar-refractivity contribution in [3.63, 3.8) is 0 Å². The number of hydrogen-bond acceptors (Lipinski definition) is 6. The Labute approximate surface area is 170 Å². The zero-order valence-corrected chi connectivity index (χ0v) is 16.4. The molecule has 0 heterocycles. The van der Waals surface area contributed by atoms with Crippen molar-refractivity contribution in [2.75, 3.05) is 5.32 Å². The number of esters is 1. The molecule has 2 aromatic rings. The first kappa shape index (κ1) is 21.5. The molecule has 10 heteroatoms. The maximum absolute atomic E-state index is 12.2. The molecule has 1 N–H and O–H groups in total. The van der Waals surface area contributed by atoms with Crippen molar-refractivity contribution in [1.29, 1.82) is 0 Å². The number of hydrogen-bond donors (Lipinski definition) is 1. The van der Waals surface area contributed by atoms with Gasteiger partial charge in [0.2, 0.25) is 0 Å². The minimum absolute atomic E-state index is 0.00218. The van der Waals surface area contributed by atoms with Crippen LogP contribution < -0.4 is 10.1 Å². The summed E-state index contributed by atoms with van der Waals surface area (Å²) in [4.78, 5) is 34.7. The summed E-state index contributed by atoms with van der Waals surface area (Å²) in [5.74, 6) is -1.30. The zero-order chi connectivity index (χ0) is 20.8. The summed E-state index contributed by atoms with van der Waals surface area (Å²) >= 11 is 11.8. The minimum atomic E-state index is -1.21. The van der Waals surface area contributed by atoms with Crippen LogP contribution >= 0.6 is 23.2 Å². The van der Waals surface area contributed by atoms with E-state index in [1.54, 1.807) is 6.07 Å². The molecule has 0 fully saturated rings. The fourth-order valence-corrected chi connectivity index (χ4v) is 2.56. The fourth-order valence-electron chi connectivity index (χ4n) is 2.11. The molecule has 0 aliphatic carbocycles. The third kappa shape index (κ3) is 5.58. The summed E-state index contributed by atoms with van der Waals surface area (Å²) in [5, 5.41) is 14.0. The summed E-state index contributed by atoms with van der Waals surface area (Å²) in [7, 11) is 0. The molecule has 148 valence electrons. The van der Waals surface area contributed by atoms with E-state index in [1.165, 1.54) is 50.2 Å². The number of carbonyl (C=O) groups excluding carboxylic acids is 2. The summed E-state index contributed by atoms with van der Waals surface area (Å²) in [6.07, 6.45) is -2.26. The van der Waals surface area contributed by atoms with Crippen molar-refractivity contribution in [2.45, 2.75) is 26.1 Å². The third-order valence-electron chi connectivity index (χ3n) is 3.55. The van der Waals surface area contributed by atoms with E-state index in [9.17, 15) is 19.7 Å². The molecule has 0 saturated carbocycles.